The Morgan fingerprint density at radius 2 is 1.91 bits per heavy atom. The minimum Gasteiger partial charge on any atom is -0.473 e. The van der Waals surface area contributed by atoms with Crippen molar-refractivity contribution in [3.8, 4) is 11.7 Å². The summed E-state index contributed by atoms with van der Waals surface area (Å²) in [5.41, 5.74) is 0.535. The van der Waals surface area contributed by atoms with Gasteiger partial charge in [0.25, 0.3) is 5.56 Å². The molecule has 0 bridgehead atoms. The van der Waals surface area contributed by atoms with E-state index in [0.29, 0.717) is 55.1 Å². The lowest BCUT2D eigenvalue weighted by Crippen LogP contribution is -2.42. The summed E-state index contributed by atoms with van der Waals surface area (Å²) in [7, 11) is 0. The van der Waals surface area contributed by atoms with E-state index in [1.54, 1.807) is 41.3 Å². The van der Waals surface area contributed by atoms with Crippen molar-refractivity contribution in [1.29, 1.82) is 0 Å². The van der Waals surface area contributed by atoms with Gasteiger partial charge in [0.15, 0.2) is 5.82 Å². The van der Waals surface area contributed by atoms with Crippen LogP contribution in [0.4, 0.5) is 0 Å². The molecule has 0 radical (unpaired) electrons. The zero-order valence-corrected chi connectivity index (χ0v) is 17.9. The second kappa shape index (κ2) is 9.19. The molecule has 4 aromatic rings. The number of benzene rings is 1. The van der Waals surface area contributed by atoms with Crippen molar-refractivity contribution in [3.05, 3.63) is 71.5 Å². The summed E-state index contributed by atoms with van der Waals surface area (Å²) < 4.78 is 9.08. The molecule has 1 aromatic carbocycles. The van der Waals surface area contributed by atoms with Crippen LogP contribution in [0, 0.1) is 0 Å². The Kier molecular flexibility index (Phi) is 5.79. The molecule has 1 amide bonds. The lowest BCUT2D eigenvalue weighted by atomic mass is 10.1. The van der Waals surface area contributed by atoms with Crippen LogP contribution in [0.1, 0.15) is 19.3 Å². The number of carbonyl (C=O) groups excluding carboxylic acids is 1. The Bertz CT molecular complexity index is 1290. The van der Waals surface area contributed by atoms with Crippen LogP contribution in [0.2, 0.25) is 0 Å². The fraction of sp³-hybridized carbons (Fsp3) is 0.304. The predicted octanol–water partition coefficient (Wildman–Crippen LogP) is 1.83. The van der Waals surface area contributed by atoms with Crippen LogP contribution < -0.4 is 10.3 Å². The minimum absolute atomic E-state index is 0.0220. The zero-order valence-electron chi connectivity index (χ0n) is 17.9. The van der Waals surface area contributed by atoms with Crippen LogP contribution in [0.15, 0.2) is 66.0 Å². The minimum atomic E-state index is -0.125. The molecule has 168 valence electrons. The third-order valence-electron chi connectivity index (χ3n) is 5.75. The summed E-state index contributed by atoms with van der Waals surface area (Å²) in [5.74, 6) is 1.10. The quantitative estimate of drug-likeness (QED) is 0.445. The van der Waals surface area contributed by atoms with Crippen molar-refractivity contribution in [2.75, 3.05) is 13.1 Å². The van der Waals surface area contributed by atoms with Crippen LogP contribution in [-0.2, 0) is 11.3 Å². The lowest BCUT2D eigenvalue weighted by molar-refractivity contribution is -0.133. The number of nitrogens with zero attached hydrogens (tertiary/aromatic N) is 7. The van der Waals surface area contributed by atoms with E-state index in [2.05, 4.69) is 20.3 Å². The molecule has 0 unspecified atom stereocenters. The molecule has 0 aliphatic carbocycles. The molecule has 0 atom stereocenters. The van der Waals surface area contributed by atoms with Gasteiger partial charge in [-0.05, 0) is 24.3 Å². The lowest BCUT2D eigenvalue weighted by Gasteiger charge is -2.32. The van der Waals surface area contributed by atoms with E-state index >= 15 is 0 Å². The van der Waals surface area contributed by atoms with Crippen LogP contribution in [-0.4, -0.2) is 59.5 Å². The topological polar surface area (TPSA) is 108 Å². The Hall–Kier alpha value is -4.08. The molecule has 10 heteroatoms. The summed E-state index contributed by atoms with van der Waals surface area (Å²) >= 11 is 0. The number of amides is 1. The summed E-state index contributed by atoms with van der Waals surface area (Å²) in [6.07, 6.45) is 6.65. The number of rotatable bonds is 6. The van der Waals surface area contributed by atoms with E-state index in [-0.39, 0.29) is 24.0 Å². The average Bonchev–Trinajstić information content (AvgIpc) is 3.40. The maximum Gasteiger partial charge on any atom is 0.261 e. The van der Waals surface area contributed by atoms with Crippen LogP contribution in [0.3, 0.4) is 0 Å². The smallest absolute Gasteiger partial charge is 0.261 e. The summed E-state index contributed by atoms with van der Waals surface area (Å²) in [5, 5.41) is 12.9. The number of aromatic nitrogens is 6. The van der Waals surface area contributed by atoms with E-state index in [1.165, 1.54) is 10.9 Å². The maximum absolute atomic E-state index is 12.7. The fourth-order valence-electron chi connectivity index (χ4n) is 3.94. The van der Waals surface area contributed by atoms with Crippen molar-refractivity contribution in [2.45, 2.75) is 31.9 Å². The third kappa shape index (κ3) is 4.59. The number of likely N-dealkylation sites (tertiary alicyclic amines) is 1. The van der Waals surface area contributed by atoms with E-state index in [4.69, 9.17) is 4.74 Å². The van der Waals surface area contributed by atoms with E-state index in [9.17, 15) is 9.59 Å². The highest BCUT2D eigenvalue weighted by molar-refractivity contribution is 5.77. The fourth-order valence-corrected chi connectivity index (χ4v) is 3.94. The molecule has 3 aromatic heterocycles. The van der Waals surface area contributed by atoms with Gasteiger partial charge in [0.2, 0.25) is 11.8 Å². The summed E-state index contributed by atoms with van der Waals surface area (Å²) in [4.78, 5) is 31.4. The van der Waals surface area contributed by atoms with Gasteiger partial charge in [-0.3, -0.25) is 14.2 Å². The Morgan fingerprint density at radius 1 is 1.06 bits per heavy atom. The third-order valence-corrected chi connectivity index (χ3v) is 5.75. The van der Waals surface area contributed by atoms with Crippen molar-refractivity contribution in [2.24, 2.45) is 0 Å². The highest BCUT2D eigenvalue weighted by atomic mass is 16.5. The van der Waals surface area contributed by atoms with Gasteiger partial charge >= 0.3 is 0 Å². The SMILES string of the molecule is O=C(CCn1cnc2ccccc2c1=O)N1CCC(Oc2ccc(-n3cccn3)nn2)CC1. The molecule has 1 saturated heterocycles. The van der Waals surface area contributed by atoms with Gasteiger partial charge in [-0.1, -0.05) is 12.1 Å². The first-order valence-corrected chi connectivity index (χ1v) is 10.9. The number of para-hydroxylation sites is 1. The van der Waals surface area contributed by atoms with Crippen LogP contribution in [0.25, 0.3) is 16.7 Å². The Morgan fingerprint density at radius 3 is 2.67 bits per heavy atom. The number of aryl methyl sites for hydroxylation is 1. The molecule has 1 aliphatic rings. The zero-order chi connectivity index (χ0) is 22.6. The van der Waals surface area contributed by atoms with Crippen molar-refractivity contribution in [1.82, 2.24) is 34.4 Å². The number of fused-ring (bicyclic) bond motifs is 1. The van der Waals surface area contributed by atoms with Crippen molar-refractivity contribution >= 4 is 16.8 Å². The number of hydrogen-bond donors (Lipinski definition) is 0. The summed E-state index contributed by atoms with van der Waals surface area (Å²) in [6.45, 7) is 1.52. The molecule has 1 aliphatic heterocycles. The molecule has 4 heterocycles. The second-order valence-electron chi connectivity index (χ2n) is 7.89. The average molecular weight is 445 g/mol. The standard InChI is InChI=1S/C23H23N7O3/c31-22(10-15-29-16-24-19-5-2-1-4-18(19)23(29)32)28-13-8-17(9-14-28)33-21-7-6-20(26-27-21)30-12-3-11-25-30/h1-7,11-12,16-17H,8-10,13-15H2. The Labute approximate surface area is 189 Å². The van der Waals surface area contributed by atoms with Gasteiger partial charge in [-0.2, -0.15) is 5.10 Å². The summed E-state index contributed by atoms with van der Waals surface area (Å²) in [6, 6.07) is 12.6. The highest BCUT2D eigenvalue weighted by Gasteiger charge is 2.24. The van der Waals surface area contributed by atoms with E-state index in [1.807, 2.05) is 23.1 Å². The molecule has 33 heavy (non-hydrogen) atoms. The van der Waals surface area contributed by atoms with Gasteiger partial charge in [-0.25, -0.2) is 9.67 Å². The van der Waals surface area contributed by atoms with Gasteiger partial charge in [0.05, 0.1) is 17.2 Å². The molecular weight excluding hydrogens is 422 g/mol. The molecule has 0 spiro atoms. The van der Waals surface area contributed by atoms with Gasteiger partial charge in [-0.15, -0.1) is 10.2 Å². The molecule has 10 nitrogen and oxygen atoms in total. The van der Waals surface area contributed by atoms with E-state index in [0.717, 1.165) is 0 Å². The molecule has 0 N–H and O–H groups in total. The van der Waals surface area contributed by atoms with Gasteiger partial charge in [0.1, 0.15) is 6.10 Å². The number of piperidine rings is 1. The molecule has 5 rings (SSSR count). The normalized spacial score (nSPS) is 14.5. The number of ether oxygens (including phenoxy) is 1. The first-order valence-electron chi connectivity index (χ1n) is 10.9. The highest BCUT2D eigenvalue weighted by Crippen LogP contribution is 2.18. The van der Waals surface area contributed by atoms with Crippen molar-refractivity contribution in [3.63, 3.8) is 0 Å². The van der Waals surface area contributed by atoms with E-state index < -0.39 is 0 Å². The first kappa shape index (κ1) is 20.8. The van der Waals surface area contributed by atoms with Crippen LogP contribution >= 0.6 is 0 Å². The largest absolute Gasteiger partial charge is 0.473 e. The van der Waals surface area contributed by atoms with Crippen LogP contribution in [0.5, 0.6) is 5.88 Å². The number of hydrogen-bond acceptors (Lipinski definition) is 7. The first-order chi connectivity index (χ1) is 16.2. The second-order valence-corrected chi connectivity index (χ2v) is 7.89. The monoisotopic (exact) mass is 445 g/mol. The number of carbonyl (C=O) groups is 1. The molecular formula is C23H23N7O3. The molecule has 0 saturated carbocycles. The Balaban J connectivity index is 1.12. The maximum atomic E-state index is 12.7. The van der Waals surface area contributed by atoms with Gasteiger partial charge in [0, 0.05) is 57.4 Å². The predicted molar refractivity (Wildman–Crippen MR) is 120 cm³/mol. The van der Waals surface area contributed by atoms with Crippen molar-refractivity contribution < 1.29 is 9.53 Å². The van der Waals surface area contributed by atoms with Gasteiger partial charge < -0.3 is 9.64 Å². The molecule has 1 fully saturated rings.